The average Bonchev–Trinajstić information content (AvgIpc) is 2.70. The lowest BCUT2D eigenvalue weighted by Gasteiger charge is -2.29. The van der Waals surface area contributed by atoms with Crippen LogP contribution in [-0.2, 0) is 6.42 Å². The van der Waals surface area contributed by atoms with Crippen LogP contribution in [0, 0.1) is 5.92 Å². The number of methoxy groups -OCH3 is 1. The fraction of sp³-hybridized carbons (Fsp3) is 0.571. The standard InChI is InChI=1S/C14H18BrNO.ClH/c1-16-7-9-3-4-10-12(15)5-6-13(17-2)14(10)11(9)8-16;/h5-6,9,11H,3-4,7-8H2,1-2H3;1H. The summed E-state index contributed by atoms with van der Waals surface area (Å²) in [5.74, 6) is 2.56. The molecule has 4 heteroatoms. The van der Waals surface area contributed by atoms with Crippen LogP contribution in [0.25, 0.3) is 0 Å². The van der Waals surface area contributed by atoms with Gasteiger partial charge in [-0.25, -0.2) is 0 Å². The predicted molar refractivity (Wildman–Crippen MR) is 80.0 cm³/mol. The Balaban J connectivity index is 0.00000120. The molecular formula is C14H19BrClNO. The number of hydrogen-bond donors (Lipinski definition) is 0. The Kier molecular flexibility index (Phi) is 4.25. The molecule has 0 N–H and O–H groups in total. The molecule has 2 unspecified atom stereocenters. The van der Waals surface area contributed by atoms with Gasteiger partial charge in [-0.1, -0.05) is 15.9 Å². The first kappa shape index (κ1) is 14.2. The fourth-order valence-corrected chi connectivity index (χ4v) is 4.04. The molecule has 100 valence electrons. The number of ether oxygens (including phenoxy) is 1. The third-order valence-corrected chi connectivity index (χ3v) is 4.98. The van der Waals surface area contributed by atoms with E-state index >= 15 is 0 Å². The summed E-state index contributed by atoms with van der Waals surface area (Å²) in [5.41, 5.74) is 2.93. The van der Waals surface area contributed by atoms with Crippen molar-refractivity contribution in [1.82, 2.24) is 4.90 Å². The first-order valence-electron chi connectivity index (χ1n) is 6.24. The lowest BCUT2D eigenvalue weighted by Crippen LogP contribution is -2.20. The maximum Gasteiger partial charge on any atom is 0.122 e. The summed E-state index contributed by atoms with van der Waals surface area (Å²) in [5, 5.41) is 0. The van der Waals surface area contributed by atoms with E-state index in [9.17, 15) is 0 Å². The number of rotatable bonds is 1. The molecule has 0 spiro atoms. The highest BCUT2D eigenvalue weighted by Crippen LogP contribution is 2.46. The van der Waals surface area contributed by atoms with Gasteiger partial charge in [-0.3, -0.25) is 0 Å². The number of likely N-dealkylation sites (tertiary alicyclic amines) is 1. The van der Waals surface area contributed by atoms with Crippen LogP contribution in [0.4, 0.5) is 0 Å². The first-order chi connectivity index (χ1) is 8.20. The van der Waals surface area contributed by atoms with Crippen molar-refractivity contribution in [3.63, 3.8) is 0 Å². The van der Waals surface area contributed by atoms with Crippen molar-refractivity contribution in [2.45, 2.75) is 18.8 Å². The first-order valence-corrected chi connectivity index (χ1v) is 7.04. The highest BCUT2D eigenvalue weighted by molar-refractivity contribution is 9.10. The SMILES string of the molecule is COc1ccc(Br)c2c1C1CN(C)CC1CC2.Cl. The van der Waals surface area contributed by atoms with Crippen molar-refractivity contribution in [3.05, 3.63) is 27.7 Å². The van der Waals surface area contributed by atoms with Crippen LogP contribution in [0.5, 0.6) is 5.75 Å². The van der Waals surface area contributed by atoms with E-state index in [1.165, 1.54) is 41.5 Å². The Bertz CT molecular complexity index is 452. The normalized spacial score (nSPS) is 26.2. The van der Waals surface area contributed by atoms with Gasteiger partial charge in [-0.15, -0.1) is 12.4 Å². The van der Waals surface area contributed by atoms with E-state index in [0.717, 1.165) is 11.7 Å². The molecule has 2 nitrogen and oxygen atoms in total. The Morgan fingerprint density at radius 1 is 1.33 bits per heavy atom. The van der Waals surface area contributed by atoms with Gasteiger partial charge in [0.1, 0.15) is 5.75 Å². The Labute approximate surface area is 123 Å². The zero-order valence-corrected chi connectivity index (χ0v) is 13.2. The molecule has 1 saturated heterocycles. The lowest BCUT2D eigenvalue weighted by molar-refractivity contribution is 0.379. The van der Waals surface area contributed by atoms with Gasteiger partial charge in [0.2, 0.25) is 0 Å². The van der Waals surface area contributed by atoms with Gasteiger partial charge in [0.05, 0.1) is 7.11 Å². The van der Waals surface area contributed by atoms with Crippen LogP contribution < -0.4 is 4.74 Å². The molecule has 1 fully saturated rings. The number of benzene rings is 1. The largest absolute Gasteiger partial charge is 0.496 e. The fourth-order valence-electron chi connectivity index (χ4n) is 3.49. The van der Waals surface area contributed by atoms with Gasteiger partial charge < -0.3 is 9.64 Å². The molecule has 1 aromatic carbocycles. The number of hydrogen-bond acceptors (Lipinski definition) is 2. The Hall–Kier alpha value is -0.250. The van der Waals surface area contributed by atoms with Crippen molar-refractivity contribution in [3.8, 4) is 5.75 Å². The molecule has 2 aliphatic rings. The van der Waals surface area contributed by atoms with Crippen LogP contribution in [0.1, 0.15) is 23.5 Å². The van der Waals surface area contributed by atoms with Gasteiger partial charge >= 0.3 is 0 Å². The maximum absolute atomic E-state index is 5.57. The van der Waals surface area contributed by atoms with Crippen LogP contribution in [0.15, 0.2) is 16.6 Å². The second kappa shape index (κ2) is 5.40. The number of likely N-dealkylation sites (N-methyl/N-ethyl adjacent to an activating group) is 1. The molecule has 0 bridgehead atoms. The van der Waals surface area contributed by atoms with Crippen molar-refractivity contribution < 1.29 is 4.74 Å². The molecule has 1 aromatic rings. The van der Waals surface area contributed by atoms with Crippen molar-refractivity contribution in [2.75, 3.05) is 27.2 Å². The molecule has 3 rings (SSSR count). The Morgan fingerprint density at radius 3 is 2.83 bits per heavy atom. The third kappa shape index (κ3) is 2.17. The minimum atomic E-state index is 0. The second-order valence-corrected chi connectivity index (χ2v) is 6.12. The molecule has 2 atom stereocenters. The molecule has 18 heavy (non-hydrogen) atoms. The smallest absolute Gasteiger partial charge is 0.122 e. The van der Waals surface area contributed by atoms with Crippen molar-refractivity contribution in [1.29, 1.82) is 0 Å². The minimum Gasteiger partial charge on any atom is -0.496 e. The van der Waals surface area contributed by atoms with E-state index < -0.39 is 0 Å². The zero-order valence-electron chi connectivity index (χ0n) is 10.8. The summed E-state index contributed by atoms with van der Waals surface area (Å²) in [6.45, 7) is 2.41. The molecule has 1 aliphatic carbocycles. The van der Waals surface area contributed by atoms with Crippen LogP contribution >= 0.6 is 28.3 Å². The van der Waals surface area contributed by atoms with E-state index in [-0.39, 0.29) is 12.4 Å². The molecule has 0 radical (unpaired) electrons. The molecule has 1 heterocycles. The van der Waals surface area contributed by atoms with Crippen molar-refractivity contribution >= 4 is 28.3 Å². The molecular weight excluding hydrogens is 314 g/mol. The van der Waals surface area contributed by atoms with Gasteiger partial charge in [-0.05, 0) is 43.5 Å². The van der Waals surface area contributed by atoms with Gasteiger partial charge in [0.25, 0.3) is 0 Å². The van der Waals surface area contributed by atoms with Gasteiger partial charge in [-0.2, -0.15) is 0 Å². The molecule has 0 saturated carbocycles. The van der Waals surface area contributed by atoms with Crippen LogP contribution in [-0.4, -0.2) is 32.1 Å². The third-order valence-electron chi connectivity index (χ3n) is 4.24. The number of fused-ring (bicyclic) bond motifs is 3. The van der Waals surface area contributed by atoms with E-state index in [0.29, 0.717) is 5.92 Å². The Morgan fingerprint density at radius 2 is 2.11 bits per heavy atom. The monoisotopic (exact) mass is 331 g/mol. The van der Waals surface area contributed by atoms with Gasteiger partial charge in [0.15, 0.2) is 0 Å². The van der Waals surface area contributed by atoms with E-state index in [2.05, 4.69) is 40.0 Å². The molecule has 1 aliphatic heterocycles. The average molecular weight is 333 g/mol. The summed E-state index contributed by atoms with van der Waals surface area (Å²) in [4.78, 5) is 2.45. The maximum atomic E-state index is 5.57. The number of halogens is 2. The second-order valence-electron chi connectivity index (χ2n) is 5.27. The topological polar surface area (TPSA) is 12.5 Å². The molecule has 0 aromatic heterocycles. The highest BCUT2D eigenvalue weighted by Gasteiger charge is 2.38. The predicted octanol–water partition coefficient (Wildman–Crippen LogP) is 3.47. The summed E-state index contributed by atoms with van der Waals surface area (Å²) >= 11 is 3.69. The molecule has 0 amide bonds. The quantitative estimate of drug-likeness (QED) is 0.781. The van der Waals surface area contributed by atoms with Gasteiger partial charge in [0, 0.05) is 29.0 Å². The van der Waals surface area contributed by atoms with E-state index in [1.807, 2.05) is 0 Å². The van der Waals surface area contributed by atoms with E-state index in [4.69, 9.17) is 4.74 Å². The van der Waals surface area contributed by atoms with E-state index in [1.54, 1.807) is 7.11 Å². The number of nitrogens with zero attached hydrogens (tertiary/aromatic N) is 1. The lowest BCUT2D eigenvalue weighted by atomic mass is 9.76. The zero-order chi connectivity index (χ0) is 12.0. The summed E-state index contributed by atoms with van der Waals surface area (Å²) in [7, 11) is 4.01. The summed E-state index contributed by atoms with van der Waals surface area (Å²) < 4.78 is 6.82. The highest BCUT2D eigenvalue weighted by atomic mass is 79.9. The van der Waals surface area contributed by atoms with Crippen LogP contribution in [0.3, 0.4) is 0 Å². The van der Waals surface area contributed by atoms with Crippen molar-refractivity contribution in [2.24, 2.45) is 5.92 Å². The summed E-state index contributed by atoms with van der Waals surface area (Å²) in [6, 6.07) is 4.22. The summed E-state index contributed by atoms with van der Waals surface area (Å²) in [6.07, 6.45) is 2.50. The minimum absolute atomic E-state index is 0. The van der Waals surface area contributed by atoms with Crippen LogP contribution in [0.2, 0.25) is 0 Å².